The molecule has 0 atom stereocenters. The first kappa shape index (κ1) is 23.7. The molecule has 11 nitrogen and oxygen atoms in total. The smallest absolute Gasteiger partial charge is 0.270 e. The predicted molar refractivity (Wildman–Crippen MR) is 124 cm³/mol. The van der Waals surface area contributed by atoms with Gasteiger partial charge in [0.25, 0.3) is 11.6 Å². The van der Waals surface area contributed by atoms with E-state index in [1.54, 1.807) is 32.4 Å². The van der Waals surface area contributed by atoms with Crippen LogP contribution in [0.2, 0.25) is 0 Å². The highest BCUT2D eigenvalue weighted by Gasteiger charge is 2.16. The molecular weight excluding hydrogens is 448 g/mol. The Hall–Kier alpha value is -3.93. The third-order valence-electron chi connectivity index (χ3n) is 4.49. The van der Waals surface area contributed by atoms with Crippen molar-refractivity contribution >= 4 is 29.6 Å². The first-order valence-electron chi connectivity index (χ1n) is 9.81. The third kappa shape index (κ3) is 5.86. The van der Waals surface area contributed by atoms with Crippen LogP contribution in [0.15, 0.2) is 52.7 Å². The van der Waals surface area contributed by atoms with Gasteiger partial charge in [0, 0.05) is 29.8 Å². The maximum absolute atomic E-state index is 12.2. The van der Waals surface area contributed by atoms with Gasteiger partial charge in [-0.1, -0.05) is 23.9 Å². The van der Waals surface area contributed by atoms with Crippen molar-refractivity contribution in [3.63, 3.8) is 0 Å². The molecule has 33 heavy (non-hydrogen) atoms. The quantitative estimate of drug-likeness (QED) is 0.207. The number of aromatic nitrogens is 3. The maximum Gasteiger partial charge on any atom is 0.270 e. The molecular formula is C21H22N6O5S. The SMILES string of the molecule is CCn1c(SCC(=O)N/N=C\c2cccc([N+](=O)[O-])c2)nnc1-c1ccc(OC)c(OC)c1. The van der Waals surface area contributed by atoms with Gasteiger partial charge in [-0.3, -0.25) is 14.9 Å². The summed E-state index contributed by atoms with van der Waals surface area (Å²) in [6.07, 6.45) is 1.35. The number of methoxy groups -OCH3 is 2. The summed E-state index contributed by atoms with van der Waals surface area (Å²) in [6.45, 7) is 2.56. The Morgan fingerprint density at radius 1 is 1.21 bits per heavy atom. The van der Waals surface area contributed by atoms with E-state index in [4.69, 9.17) is 9.47 Å². The molecule has 3 rings (SSSR count). The van der Waals surface area contributed by atoms with E-state index < -0.39 is 4.92 Å². The number of hydrogen-bond acceptors (Lipinski definition) is 9. The molecule has 0 aliphatic heterocycles. The molecule has 1 heterocycles. The van der Waals surface area contributed by atoms with Crippen LogP contribution in [0, 0.1) is 10.1 Å². The molecule has 0 radical (unpaired) electrons. The fourth-order valence-corrected chi connectivity index (χ4v) is 3.72. The Morgan fingerprint density at radius 3 is 2.70 bits per heavy atom. The number of carbonyl (C=O) groups is 1. The molecule has 3 aromatic rings. The average Bonchev–Trinajstić information content (AvgIpc) is 3.25. The van der Waals surface area contributed by atoms with Crippen LogP contribution in [-0.4, -0.2) is 51.8 Å². The number of nitro benzene ring substituents is 1. The summed E-state index contributed by atoms with van der Waals surface area (Å²) in [5.41, 5.74) is 3.66. The Bertz CT molecular complexity index is 1180. The van der Waals surface area contributed by atoms with Gasteiger partial charge in [-0.05, 0) is 25.1 Å². The van der Waals surface area contributed by atoms with Crippen molar-refractivity contribution in [2.75, 3.05) is 20.0 Å². The second-order valence-electron chi connectivity index (χ2n) is 6.55. The zero-order chi connectivity index (χ0) is 23.8. The summed E-state index contributed by atoms with van der Waals surface area (Å²) in [5.74, 6) is 1.55. The molecule has 0 aliphatic rings. The minimum atomic E-state index is -0.493. The van der Waals surface area contributed by atoms with Crippen LogP contribution in [0.5, 0.6) is 11.5 Å². The molecule has 1 aromatic heterocycles. The zero-order valence-corrected chi connectivity index (χ0v) is 19.0. The van der Waals surface area contributed by atoms with Gasteiger partial charge in [-0.25, -0.2) is 5.43 Å². The van der Waals surface area contributed by atoms with Crippen molar-refractivity contribution in [1.82, 2.24) is 20.2 Å². The molecule has 1 N–H and O–H groups in total. The van der Waals surface area contributed by atoms with Crippen molar-refractivity contribution in [2.45, 2.75) is 18.6 Å². The first-order valence-corrected chi connectivity index (χ1v) is 10.8. The number of nitrogens with one attached hydrogen (secondary N) is 1. The average molecular weight is 471 g/mol. The number of carbonyl (C=O) groups excluding carboxylic acids is 1. The topological polar surface area (TPSA) is 134 Å². The first-order chi connectivity index (χ1) is 16.0. The van der Waals surface area contributed by atoms with Gasteiger partial charge in [-0.15, -0.1) is 10.2 Å². The summed E-state index contributed by atoms with van der Waals surface area (Å²) in [6, 6.07) is 11.4. The lowest BCUT2D eigenvalue weighted by molar-refractivity contribution is -0.384. The van der Waals surface area contributed by atoms with E-state index in [2.05, 4.69) is 20.7 Å². The Kier molecular flexibility index (Phi) is 7.97. The number of nitro groups is 1. The van der Waals surface area contributed by atoms with E-state index in [1.807, 2.05) is 23.6 Å². The zero-order valence-electron chi connectivity index (χ0n) is 18.2. The molecule has 0 spiro atoms. The summed E-state index contributed by atoms with van der Waals surface area (Å²) in [5, 5.41) is 23.7. The number of nitrogens with zero attached hydrogens (tertiary/aromatic N) is 5. The molecule has 172 valence electrons. The van der Waals surface area contributed by atoms with Gasteiger partial charge < -0.3 is 14.0 Å². The summed E-state index contributed by atoms with van der Waals surface area (Å²) in [4.78, 5) is 22.5. The van der Waals surface area contributed by atoms with Crippen LogP contribution in [-0.2, 0) is 11.3 Å². The summed E-state index contributed by atoms with van der Waals surface area (Å²) >= 11 is 1.22. The van der Waals surface area contributed by atoms with Crippen LogP contribution in [0.1, 0.15) is 12.5 Å². The highest BCUT2D eigenvalue weighted by atomic mass is 32.2. The molecule has 12 heteroatoms. The number of hydrogen-bond donors (Lipinski definition) is 1. The summed E-state index contributed by atoms with van der Waals surface area (Å²) in [7, 11) is 3.13. The number of amides is 1. The van der Waals surface area contributed by atoms with Crippen molar-refractivity contribution in [2.24, 2.45) is 5.10 Å². The van der Waals surface area contributed by atoms with E-state index in [9.17, 15) is 14.9 Å². The highest BCUT2D eigenvalue weighted by Crippen LogP contribution is 2.32. The van der Waals surface area contributed by atoms with Crippen LogP contribution >= 0.6 is 11.8 Å². The van der Waals surface area contributed by atoms with Gasteiger partial charge >= 0.3 is 0 Å². The van der Waals surface area contributed by atoms with Crippen LogP contribution in [0.25, 0.3) is 11.4 Å². The number of ether oxygens (including phenoxy) is 2. The highest BCUT2D eigenvalue weighted by molar-refractivity contribution is 7.99. The number of rotatable bonds is 10. The molecule has 1 amide bonds. The summed E-state index contributed by atoms with van der Waals surface area (Å²) < 4.78 is 12.5. The molecule has 0 saturated heterocycles. The second-order valence-corrected chi connectivity index (χ2v) is 7.50. The van der Waals surface area contributed by atoms with Gasteiger partial charge in [0.2, 0.25) is 0 Å². The normalized spacial score (nSPS) is 10.9. The molecule has 0 fully saturated rings. The van der Waals surface area contributed by atoms with Gasteiger partial charge in [0.05, 0.1) is 31.1 Å². The fourth-order valence-electron chi connectivity index (χ4n) is 2.93. The van der Waals surface area contributed by atoms with Gasteiger partial charge in [0.15, 0.2) is 22.5 Å². The minimum absolute atomic E-state index is 0.0509. The van der Waals surface area contributed by atoms with Crippen molar-refractivity contribution in [1.29, 1.82) is 0 Å². The number of hydrazone groups is 1. The number of thioether (sulfide) groups is 1. The van der Waals surface area contributed by atoms with E-state index >= 15 is 0 Å². The lowest BCUT2D eigenvalue weighted by atomic mass is 10.2. The number of benzene rings is 2. The third-order valence-corrected chi connectivity index (χ3v) is 5.46. The Morgan fingerprint density at radius 2 is 2.00 bits per heavy atom. The van der Waals surface area contributed by atoms with Crippen molar-refractivity contribution in [3.05, 3.63) is 58.1 Å². The largest absolute Gasteiger partial charge is 0.493 e. The molecule has 0 aliphatic carbocycles. The Labute approximate surface area is 194 Å². The molecule has 2 aromatic carbocycles. The molecule has 0 saturated carbocycles. The van der Waals surface area contributed by atoms with E-state index in [-0.39, 0.29) is 17.3 Å². The van der Waals surface area contributed by atoms with E-state index in [0.717, 1.165) is 5.56 Å². The van der Waals surface area contributed by atoms with Gasteiger partial charge in [0.1, 0.15) is 0 Å². The minimum Gasteiger partial charge on any atom is -0.493 e. The van der Waals surface area contributed by atoms with Crippen LogP contribution in [0.3, 0.4) is 0 Å². The molecule has 0 bridgehead atoms. The monoisotopic (exact) mass is 470 g/mol. The standard InChI is InChI=1S/C21H22N6O5S/c1-4-26-20(15-8-9-17(31-2)18(11-15)32-3)24-25-21(26)33-13-19(28)23-22-12-14-6-5-7-16(10-14)27(29)30/h5-12H,4,13H2,1-3H3,(H,23,28)/b22-12-. The second kappa shape index (κ2) is 11.1. The maximum atomic E-state index is 12.2. The van der Waals surface area contributed by atoms with Crippen LogP contribution < -0.4 is 14.9 Å². The predicted octanol–water partition coefficient (Wildman–Crippen LogP) is 3.13. The number of non-ortho nitro benzene ring substituents is 1. The lowest BCUT2D eigenvalue weighted by Gasteiger charge is -2.10. The fraction of sp³-hybridized carbons (Fsp3) is 0.238. The van der Waals surface area contributed by atoms with Crippen LogP contribution in [0.4, 0.5) is 5.69 Å². The van der Waals surface area contributed by atoms with Gasteiger partial charge in [-0.2, -0.15) is 5.10 Å². The molecule has 0 unspecified atom stereocenters. The van der Waals surface area contributed by atoms with E-state index in [1.165, 1.54) is 30.1 Å². The van der Waals surface area contributed by atoms with Crippen molar-refractivity contribution in [3.8, 4) is 22.9 Å². The van der Waals surface area contributed by atoms with E-state index in [0.29, 0.717) is 34.6 Å². The van der Waals surface area contributed by atoms with Crippen molar-refractivity contribution < 1.29 is 19.2 Å². The lowest BCUT2D eigenvalue weighted by Crippen LogP contribution is -2.20. The Balaban J connectivity index is 1.64.